The molecule has 0 amide bonds. The Morgan fingerprint density at radius 1 is 1.23 bits per heavy atom. The number of non-ortho nitro benzene ring substituents is 1. The first kappa shape index (κ1) is 17.3. The highest BCUT2D eigenvalue weighted by Gasteiger charge is 2.60. The maximum absolute atomic E-state index is 13.3. The van der Waals surface area contributed by atoms with Crippen molar-refractivity contribution in [1.29, 1.82) is 0 Å². The molecule has 3 heterocycles. The van der Waals surface area contributed by atoms with E-state index in [0.29, 0.717) is 13.0 Å². The SMILES string of the molecule is O=C1C[C@H]2C=C[C@]3(CCCCO[C@@H]13)N2S(=O)(=O)c1ccc([N+](=O)[O-])cc1. The number of ether oxygens (including phenoxy) is 1. The van der Waals surface area contributed by atoms with Crippen LogP contribution in [0.5, 0.6) is 0 Å². The smallest absolute Gasteiger partial charge is 0.269 e. The zero-order valence-electron chi connectivity index (χ0n) is 13.9. The molecule has 26 heavy (non-hydrogen) atoms. The van der Waals surface area contributed by atoms with Crippen molar-refractivity contribution < 1.29 is 22.9 Å². The first-order valence-electron chi connectivity index (χ1n) is 8.49. The molecule has 0 unspecified atom stereocenters. The van der Waals surface area contributed by atoms with E-state index >= 15 is 0 Å². The van der Waals surface area contributed by atoms with Gasteiger partial charge in [-0.05, 0) is 31.4 Å². The molecule has 2 saturated heterocycles. The molecular formula is C17H18N2O6S. The topological polar surface area (TPSA) is 107 Å². The number of ketones is 1. The highest BCUT2D eigenvalue weighted by atomic mass is 32.2. The van der Waals surface area contributed by atoms with E-state index < -0.39 is 32.6 Å². The van der Waals surface area contributed by atoms with Crippen LogP contribution in [0.2, 0.25) is 0 Å². The number of hydrogen-bond acceptors (Lipinski definition) is 6. The van der Waals surface area contributed by atoms with Crippen LogP contribution in [0, 0.1) is 10.1 Å². The minimum atomic E-state index is -3.94. The van der Waals surface area contributed by atoms with Gasteiger partial charge in [0.25, 0.3) is 5.69 Å². The molecule has 138 valence electrons. The van der Waals surface area contributed by atoms with Crippen LogP contribution in [0.4, 0.5) is 5.69 Å². The van der Waals surface area contributed by atoms with E-state index in [2.05, 4.69) is 0 Å². The summed E-state index contributed by atoms with van der Waals surface area (Å²) >= 11 is 0. The lowest BCUT2D eigenvalue weighted by Gasteiger charge is -2.46. The molecule has 2 bridgehead atoms. The maximum atomic E-state index is 13.3. The number of piperidine rings is 1. The van der Waals surface area contributed by atoms with E-state index in [1.54, 1.807) is 6.08 Å². The van der Waals surface area contributed by atoms with E-state index in [1.807, 2.05) is 6.08 Å². The molecule has 1 aromatic rings. The van der Waals surface area contributed by atoms with Crippen LogP contribution >= 0.6 is 0 Å². The Labute approximate surface area is 150 Å². The van der Waals surface area contributed by atoms with Gasteiger partial charge >= 0.3 is 0 Å². The Morgan fingerprint density at radius 2 is 1.96 bits per heavy atom. The largest absolute Gasteiger partial charge is 0.368 e. The lowest BCUT2D eigenvalue weighted by molar-refractivity contribution is -0.384. The van der Waals surface area contributed by atoms with Crippen LogP contribution in [0.1, 0.15) is 25.7 Å². The van der Waals surface area contributed by atoms with Crippen molar-refractivity contribution >= 4 is 21.5 Å². The molecule has 2 fully saturated rings. The Kier molecular flexibility index (Phi) is 3.98. The Hall–Kier alpha value is -2.10. The summed E-state index contributed by atoms with van der Waals surface area (Å²) in [4.78, 5) is 22.7. The van der Waals surface area contributed by atoms with Gasteiger partial charge in [0.1, 0.15) is 6.10 Å². The Balaban J connectivity index is 1.78. The molecule has 3 atom stereocenters. The van der Waals surface area contributed by atoms with Gasteiger partial charge in [-0.25, -0.2) is 8.42 Å². The Morgan fingerprint density at radius 3 is 2.65 bits per heavy atom. The molecule has 1 spiro atoms. The molecule has 0 aromatic heterocycles. The van der Waals surface area contributed by atoms with Crippen LogP contribution < -0.4 is 0 Å². The molecule has 0 saturated carbocycles. The summed E-state index contributed by atoms with van der Waals surface area (Å²) in [6.07, 6.45) is 4.91. The molecule has 0 N–H and O–H groups in total. The fraction of sp³-hybridized carbons (Fsp3) is 0.471. The summed E-state index contributed by atoms with van der Waals surface area (Å²) in [5.41, 5.74) is -1.18. The highest BCUT2D eigenvalue weighted by Crippen LogP contribution is 2.47. The lowest BCUT2D eigenvalue weighted by Crippen LogP contribution is -2.64. The Bertz CT molecular complexity index is 894. The van der Waals surface area contributed by atoms with Crippen molar-refractivity contribution in [3.63, 3.8) is 0 Å². The van der Waals surface area contributed by atoms with E-state index in [-0.39, 0.29) is 22.8 Å². The predicted molar refractivity (Wildman–Crippen MR) is 91.0 cm³/mol. The van der Waals surface area contributed by atoms with Crippen LogP contribution in [0.3, 0.4) is 0 Å². The van der Waals surface area contributed by atoms with Gasteiger partial charge in [0, 0.05) is 25.2 Å². The van der Waals surface area contributed by atoms with Crippen molar-refractivity contribution in [3.05, 3.63) is 46.5 Å². The number of fused-ring (bicyclic) bond motifs is 1. The van der Waals surface area contributed by atoms with Crippen LogP contribution in [-0.4, -0.2) is 47.7 Å². The molecule has 0 radical (unpaired) electrons. The normalized spacial score (nSPS) is 31.5. The van der Waals surface area contributed by atoms with Crippen molar-refractivity contribution in [2.75, 3.05) is 6.61 Å². The van der Waals surface area contributed by atoms with Gasteiger partial charge in [-0.1, -0.05) is 12.2 Å². The molecule has 3 aliphatic heterocycles. The number of sulfonamides is 1. The van der Waals surface area contributed by atoms with Crippen LogP contribution in [0.15, 0.2) is 41.3 Å². The second-order valence-electron chi connectivity index (χ2n) is 6.85. The second-order valence-corrected chi connectivity index (χ2v) is 8.66. The van der Waals surface area contributed by atoms with E-state index in [1.165, 1.54) is 28.6 Å². The predicted octanol–water partition coefficient (Wildman–Crippen LogP) is 1.80. The van der Waals surface area contributed by atoms with E-state index in [4.69, 9.17) is 4.74 Å². The quantitative estimate of drug-likeness (QED) is 0.451. The molecule has 3 aliphatic rings. The summed E-state index contributed by atoms with van der Waals surface area (Å²) in [7, 11) is -3.94. The van der Waals surface area contributed by atoms with Crippen molar-refractivity contribution in [3.8, 4) is 0 Å². The van der Waals surface area contributed by atoms with Crippen molar-refractivity contribution in [2.45, 2.75) is 48.3 Å². The number of Topliss-reactive ketones (excluding diaryl/α,β-unsaturated/α-hetero) is 1. The number of nitro groups is 1. The number of carbonyl (C=O) groups is 1. The third kappa shape index (κ3) is 2.42. The maximum Gasteiger partial charge on any atom is 0.269 e. The van der Waals surface area contributed by atoms with Gasteiger partial charge < -0.3 is 4.74 Å². The molecular weight excluding hydrogens is 360 g/mol. The third-order valence-corrected chi connectivity index (χ3v) is 7.33. The number of benzene rings is 1. The van der Waals surface area contributed by atoms with E-state index in [0.717, 1.165) is 12.8 Å². The first-order valence-corrected chi connectivity index (χ1v) is 9.93. The molecule has 4 rings (SSSR count). The zero-order chi connectivity index (χ0) is 18.5. The zero-order valence-corrected chi connectivity index (χ0v) is 14.7. The second kappa shape index (κ2) is 5.97. The number of rotatable bonds is 3. The monoisotopic (exact) mass is 378 g/mol. The minimum Gasteiger partial charge on any atom is -0.368 e. The van der Waals surface area contributed by atoms with Crippen molar-refractivity contribution in [1.82, 2.24) is 4.31 Å². The fourth-order valence-corrected chi connectivity index (χ4v) is 6.12. The fourth-order valence-electron chi connectivity index (χ4n) is 4.21. The number of hydrogen-bond donors (Lipinski definition) is 0. The third-order valence-electron chi connectivity index (χ3n) is 5.34. The molecule has 9 heteroatoms. The number of nitrogens with zero attached hydrogens (tertiary/aromatic N) is 2. The van der Waals surface area contributed by atoms with Gasteiger partial charge in [0.15, 0.2) is 5.78 Å². The molecule has 0 aliphatic carbocycles. The first-order chi connectivity index (χ1) is 12.4. The number of carbonyl (C=O) groups excluding carboxylic acids is 1. The van der Waals surface area contributed by atoms with E-state index in [9.17, 15) is 23.3 Å². The summed E-state index contributed by atoms with van der Waals surface area (Å²) in [5, 5.41) is 10.8. The van der Waals surface area contributed by atoms with Crippen LogP contribution in [-0.2, 0) is 19.6 Å². The summed E-state index contributed by atoms with van der Waals surface area (Å²) in [6.45, 7) is 0.433. The standard InChI is InChI=1S/C17H18N2O6S/c20-15-11-13-7-9-17(8-1-2-10-25-16(15)17)18(13)26(23,24)14-5-3-12(4-6-14)19(21)22/h3-7,9,13,16H,1-2,8,10-11H2/t13-,16+,17+/m1/s1. The summed E-state index contributed by atoms with van der Waals surface area (Å²) in [6, 6.07) is 4.30. The van der Waals surface area contributed by atoms with Gasteiger partial charge in [-0.2, -0.15) is 4.31 Å². The lowest BCUT2D eigenvalue weighted by atomic mass is 9.83. The molecule has 8 nitrogen and oxygen atoms in total. The molecule has 1 aromatic carbocycles. The van der Waals surface area contributed by atoms with Gasteiger partial charge in [-0.15, -0.1) is 0 Å². The highest BCUT2D eigenvalue weighted by molar-refractivity contribution is 7.89. The van der Waals surface area contributed by atoms with Gasteiger partial charge in [0.2, 0.25) is 10.0 Å². The summed E-state index contributed by atoms with van der Waals surface area (Å²) < 4.78 is 33.8. The minimum absolute atomic E-state index is 0.0199. The summed E-state index contributed by atoms with van der Waals surface area (Å²) in [5.74, 6) is -0.0722. The average molecular weight is 378 g/mol. The average Bonchev–Trinajstić information content (AvgIpc) is 2.75. The number of nitro benzene ring substituents is 1. The van der Waals surface area contributed by atoms with Crippen molar-refractivity contribution in [2.24, 2.45) is 0 Å². The van der Waals surface area contributed by atoms with Gasteiger partial charge in [0.05, 0.1) is 21.4 Å². The van der Waals surface area contributed by atoms with Gasteiger partial charge in [-0.3, -0.25) is 14.9 Å². The van der Waals surface area contributed by atoms with Crippen LogP contribution in [0.25, 0.3) is 0 Å².